The van der Waals surface area contributed by atoms with Gasteiger partial charge in [0, 0.05) is 0 Å². The Morgan fingerprint density at radius 1 is 1.17 bits per heavy atom. The molecular formula is C12H16. The van der Waals surface area contributed by atoms with Crippen molar-refractivity contribution < 1.29 is 0 Å². The number of rotatable bonds is 1. The second kappa shape index (κ2) is 3.57. The summed E-state index contributed by atoms with van der Waals surface area (Å²) in [6, 6.07) is 6.55. The Labute approximate surface area is 74.9 Å². The van der Waals surface area contributed by atoms with Gasteiger partial charge in [0.1, 0.15) is 0 Å². The van der Waals surface area contributed by atoms with Gasteiger partial charge in [-0.15, -0.1) is 0 Å². The van der Waals surface area contributed by atoms with Gasteiger partial charge < -0.3 is 0 Å². The molecule has 0 fully saturated rings. The second-order valence-corrected chi connectivity index (χ2v) is 3.58. The van der Waals surface area contributed by atoms with Crippen LogP contribution in [-0.2, 0) is 0 Å². The van der Waals surface area contributed by atoms with E-state index in [1.54, 1.807) is 0 Å². The van der Waals surface area contributed by atoms with Crippen molar-refractivity contribution in [2.45, 2.75) is 27.7 Å². The van der Waals surface area contributed by atoms with E-state index in [1.807, 2.05) is 0 Å². The lowest BCUT2D eigenvalue weighted by Crippen LogP contribution is -1.82. The summed E-state index contributed by atoms with van der Waals surface area (Å²) >= 11 is 0. The first kappa shape index (κ1) is 9.05. The maximum Gasteiger partial charge on any atom is -0.0228 e. The molecule has 12 heavy (non-hydrogen) atoms. The largest absolute Gasteiger partial charge is 0.0758 e. The van der Waals surface area contributed by atoms with E-state index in [0.717, 1.165) is 0 Å². The Bertz CT molecular complexity index is 302. The van der Waals surface area contributed by atoms with Crippen LogP contribution in [0.1, 0.15) is 30.5 Å². The highest BCUT2D eigenvalue weighted by Crippen LogP contribution is 2.13. The standard InChI is InChI=1S/C12H16/c1-9(2)7-12-6-5-10(3)8-11(12)4/h5-8H,1-4H3. The number of benzene rings is 1. The first-order valence-corrected chi connectivity index (χ1v) is 4.32. The highest BCUT2D eigenvalue weighted by molar-refractivity contribution is 5.56. The maximum atomic E-state index is 2.22. The summed E-state index contributed by atoms with van der Waals surface area (Å²) in [7, 11) is 0. The zero-order chi connectivity index (χ0) is 9.14. The third kappa shape index (κ3) is 2.23. The van der Waals surface area contributed by atoms with Gasteiger partial charge in [-0.2, -0.15) is 0 Å². The van der Waals surface area contributed by atoms with E-state index < -0.39 is 0 Å². The predicted molar refractivity (Wildman–Crippen MR) is 55.2 cm³/mol. The molecule has 0 heterocycles. The molecule has 0 aliphatic heterocycles. The molecule has 0 aromatic heterocycles. The summed E-state index contributed by atoms with van der Waals surface area (Å²) in [5.41, 5.74) is 5.37. The molecule has 0 bridgehead atoms. The third-order valence-corrected chi connectivity index (χ3v) is 1.87. The fourth-order valence-corrected chi connectivity index (χ4v) is 1.30. The number of allylic oxidation sites excluding steroid dienone is 1. The Kier molecular flexibility index (Phi) is 2.69. The topological polar surface area (TPSA) is 0 Å². The van der Waals surface area contributed by atoms with Crippen molar-refractivity contribution in [1.29, 1.82) is 0 Å². The molecule has 0 saturated carbocycles. The molecule has 0 spiro atoms. The van der Waals surface area contributed by atoms with Crippen LogP contribution in [0.4, 0.5) is 0 Å². The SMILES string of the molecule is CC(C)=Cc1ccc(C)cc1C. The van der Waals surface area contributed by atoms with Gasteiger partial charge in [0.15, 0.2) is 0 Å². The van der Waals surface area contributed by atoms with E-state index in [4.69, 9.17) is 0 Å². The van der Waals surface area contributed by atoms with Crippen molar-refractivity contribution in [3.05, 3.63) is 40.5 Å². The van der Waals surface area contributed by atoms with Crippen LogP contribution in [0.2, 0.25) is 0 Å². The van der Waals surface area contributed by atoms with Crippen LogP contribution in [0.5, 0.6) is 0 Å². The summed E-state index contributed by atoms with van der Waals surface area (Å²) in [5, 5.41) is 0. The molecule has 64 valence electrons. The minimum atomic E-state index is 1.33. The van der Waals surface area contributed by atoms with Gasteiger partial charge >= 0.3 is 0 Å². The van der Waals surface area contributed by atoms with Crippen LogP contribution in [-0.4, -0.2) is 0 Å². The van der Waals surface area contributed by atoms with E-state index >= 15 is 0 Å². The molecule has 0 N–H and O–H groups in total. The minimum absolute atomic E-state index is 1.33. The summed E-state index contributed by atoms with van der Waals surface area (Å²) < 4.78 is 0. The predicted octanol–water partition coefficient (Wildman–Crippen LogP) is 3.73. The normalized spacial score (nSPS) is 9.67. The second-order valence-electron chi connectivity index (χ2n) is 3.58. The number of hydrogen-bond donors (Lipinski definition) is 0. The van der Waals surface area contributed by atoms with E-state index in [9.17, 15) is 0 Å². The molecule has 0 aliphatic rings. The van der Waals surface area contributed by atoms with Crippen molar-refractivity contribution in [3.8, 4) is 0 Å². The van der Waals surface area contributed by atoms with Crippen molar-refractivity contribution in [1.82, 2.24) is 0 Å². The lowest BCUT2D eigenvalue weighted by Gasteiger charge is -2.02. The van der Waals surface area contributed by atoms with E-state index in [2.05, 4.69) is 52.0 Å². The lowest BCUT2D eigenvalue weighted by atomic mass is 10.0. The molecule has 1 aromatic rings. The van der Waals surface area contributed by atoms with Crippen molar-refractivity contribution >= 4 is 6.08 Å². The van der Waals surface area contributed by atoms with E-state index in [1.165, 1.54) is 22.3 Å². The quantitative estimate of drug-likeness (QED) is 0.587. The van der Waals surface area contributed by atoms with Crippen LogP contribution < -0.4 is 0 Å². The van der Waals surface area contributed by atoms with E-state index in [-0.39, 0.29) is 0 Å². The number of aryl methyl sites for hydroxylation is 2. The average Bonchev–Trinajstić information content (AvgIpc) is 1.94. The van der Waals surface area contributed by atoms with Crippen LogP contribution in [0.3, 0.4) is 0 Å². The van der Waals surface area contributed by atoms with Gasteiger partial charge in [-0.05, 0) is 38.8 Å². The Balaban J connectivity index is 3.10. The summed E-state index contributed by atoms with van der Waals surface area (Å²) in [6.07, 6.45) is 2.22. The van der Waals surface area contributed by atoms with Gasteiger partial charge in [0.2, 0.25) is 0 Å². The fraction of sp³-hybridized carbons (Fsp3) is 0.333. The molecule has 1 aromatic carbocycles. The smallest absolute Gasteiger partial charge is 0.0228 e. The first-order valence-electron chi connectivity index (χ1n) is 4.32. The third-order valence-electron chi connectivity index (χ3n) is 1.87. The van der Waals surface area contributed by atoms with E-state index in [0.29, 0.717) is 0 Å². The number of hydrogen-bond acceptors (Lipinski definition) is 0. The van der Waals surface area contributed by atoms with Gasteiger partial charge in [0.05, 0.1) is 0 Å². The monoisotopic (exact) mass is 160 g/mol. The van der Waals surface area contributed by atoms with Crippen molar-refractivity contribution in [2.75, 3.05) is 0 Å². The molecule has 0 aliphatic carbocycles. The van der Waals surface area contributed by atoms with Gasteiger partial charge in [-0.25, -0.2) is 0 Å². The van der Waals surface area contributed by atoms with Crippen molar-refractivity contribution in [2.24, 2.45) is 0 Å². The molecule has 0 heteroatoms. The van der Waals surface area contributed by atoms with Crippen molar-refractivity contribution in [3.63, 3.8) is 0 Å². The molecule has 0 saturated heterocycles. The van der Waals surface area contributed by atoms with Gasteiger partial charge in [-0.3, -0.25) is 0 Å². The minimum Gasteiger partial charge on any atom is -0.0758 e. The Morgan fingerprint density at radius 3 is 2.33 bits per heavy atom. The van der Waals surface area contributed by atoms with Crippen LogP contribution in [0, 0.1) is 13.8 Å². The Hall–Kier alpha value is -1.04. The summed E-state index contributed by atoms with van der Waals surface area (Å²) in [4.78, 5) is 0. The summed E-state index contributed by atoms with van der Waals surface area (Å²) in [6.45, 7) is 8.53. The van der Waals surface area contributed by atoms with Crippen LogP contribution in [0.25, 0.3) is 6.08 Å². The van der Waals surface area contributed by atoms with Gasteiger partial charge in [0.25, 0.3) is 0 Å². The van der Waals surface area contributed by atoms with Crippen LogP contribution >= 0.6 is 0 Å². The molecule has 0 unspecified atom stereocenters. The molecular weight excluding hydrogens is 144 g/mol. The molecule has 1 rings (SSSR count). The zero-order valence-electron chi connectivity index (χ0n) is 8.31. The lowest BCUT2D eigenvalue weighted by molar-refractivity contribution is 1.35. The highest BCUT2D eigenvalue weighted by Gasteiger charge is 1.93. The maximum absolute atomic E-state index is 2.22. The zero-order valence-corrected chi connectivity index (χ0v) is 8.31. The average molecular weight is 160 g/mol. The summed E-state index contributed by atoms with van der Waals surface area (Å²) in [5.74, 6) is 0. The highest BCUT2D eigenvalue weighted by atomic mass is 14.0. The fourth-order valence-electron chi connectivity index (χ4n) is 1.30. The Morgan fingerprint density at radius 2 is 1.83 bits per heavy atom. The van der Waals surface area contributed by atoms with Crippen LogP contribution in [0.15, 0.2) is 23.8 Å². The molecule has 0 radical (unpaired) electrons. The molecule has 0 amide bonds. The molecule has 0 nitrogen and oxygen atoms in total. The first-order chi connectivity index (χ1) is 5.59. The molecule has 0 atom stereocenters. The van der Waals surface area contributed by atoms with Gasteiger partial charge in [-0.1, -0.05) is 35.4 Å².